The van der Waals surface area contributed by atoms with Crippen LogP contribution in [-0.2, 0) is 4.79 Å². The quantitative estimate of drug-likeness (QED) is 0.593. The van der Waals surface area contributed by atoms with Crippen molar-refractivity contribution in [3.05, 3.63) is 41.0 Å². The fourth-order valence-corrected chi connectivity index (χ4v) is 1.91. The Hall–Kier alpha value is -2.14. The zero-order chi connectivity index (χ0) is 15.8. The summed E-state index contributed by atoms with van der Waals surface area (Å²) in [6.45, 7) is 3.41. The van der Waals surface area contributed by atoms with Gasteiger partial charge in [0.1, 0.15) is 0 Å². The molecule has 0 bridgehead atoms. The number of amides is 1. The van der Waals surface area contributed by atoms with E-state index < -0.39 is 5.97 Å². The molecular weight excluding hydrogens is 268 g/mol. The molecule has 0 radical (unpaired) electrons. The fourth-order valence-electron chi connectivity index (χ4n) is 1.91. The molecule has 114 valence electrons. The molecule has 0 aliphatic carbocycles. The van der Waals surface area contributed by atoms with Crippen LogP contribution >= 0.6 is 0 Å². The first-order chi connectivity index (χ1) is 9.88. The minimum Gasteiger partial charge on any atom is -0.478 e. The smallest absolute Gasteiger partial charge is 0.328 e. The number of carbonyl (C=O) groups excluding carboxylic acids is 1. The van der Waals surface area contributed by atoms with E-state index in [4.69, 9.17) is 5.11 Å². The Morgan fingerprint density at radius 3 is 2.62 bits per heavy atom. The van der Waals surface area contributed by atoms with E-state index in [-0.39, 0.29) is 5.91 Å². The normalized spacial score (nSPS) is 11.0. The van der Waals surface area contributed by atoms with Crippen molar-refractivity contribution < 1.29 is 14.7 Å². The predicted molar refractivity (Wildman–Crippen MR) is 83.4 cm³/mol. The molecule has 5 heteroatoms. The molecule has 0 fully saturated rings. The molecule has 5 nitrogen and oxygen atoms in total. The van der Waals surface area contributed by atoms with E-state index in [2.05, 4.69) is 10.2 Å². The average molecular weight is 290 g/mol. The number of hydrogen-bond acceptors (Lipinski definition) is 3. The minimum atomic E-state index is -1.01. The third-order valence-electron chi connectivity index (χ3n) is 2.85. The van der Waals surface area contributed by atoms with Crippen molar-refractivity contribution in [3.8, 4) is 0 Å². The van der Waals surface area contributed by atoms with Gasteiger partial charge in [0, 0.05) is 18.2 Å². The number of aryl methyl sites for hydroxylation is 1. The minimum absolute atomic E-state index is 0.137. The van der Waals surface area contributed by atoms with E-state index in [9.17, 15) is 9.59 Å². The van der Waals surface area contributed by atoms with Gasteiger partial charge in [0.25, 0.3) is 5.91 Å². The summed E-state index contributed by atoms with van der Waals surface area (Å²) in [4.78, 5) is 24.7. The molecule has 2 N–H and O–H groups in total. The van der Waals surface area contributed by atoms with E-state index in [1.807, 2.05) is 27.1 Å². The second kappa shape index (κ2) is 8.21. The molecule has 0 saturated carbocycles. The van der Waals surface area contributed by atoms with Crippen molar-refractivity contribution >= 4 is 18.0 Å². The second-order valence-electron chi connectivity index (χ2n) is 5.22. The molecular formula is C16H22N2O3. The van der Waals surface area contributed by atoms with E-state index >= 15 is 0 Å². The van der Waals surface area contributed by atoms with Gasteiger partial charge < -0.3 is 15.3 Å². The standard InChI is InChI=1S/C16H22N2O3/c1-12-9-13(5-6-15(19)20)11-14(10-12)16(21)17-7-4-8-18(2)3/h5-6,9-11H,4,7-8H2,1-3H3,(H,17,21)(H,19,20)/b6-5+. The van der Waals surface area contributed by atoms with Crippen molar-refractivity contribution in [1.82, 2.24) is 10.2 Å². The van der Waals surface area contributed by atoms with Crippen LogP contribution in [0.5, 0.6) is 0 Å². The Morgan fingerprint density at radius 1 is 1.29 bits per heavy atom. The lowest BCUT2D eigenvalue weighted by molar-refractivity contribution is -0.131. The Balaban J connectivity index is 2.69. The monoisotopic (exact) mass is 290 g/mol. The zero-order valence-electron chi connectivity index (χ0n) is 12.7. The number of aliphatic carboxylic acids is 1. The third kappa shape index (κ3) is 6.72. The average Bonchev–Trinajstić information content (AvgIpc) is 2.40. The lowest BCUT2D eigenvalue weighted by Crippen LogP contribution is -2.27. The van der Waals surface area contributed by atoms with Crippen molar-refractivity contribution in [2.75, 3.05) is 27.2 Å². The molecule has 0 spiro atoms. The molecule has 21 heavy (non-hydrogen) atoms. The Labute approximate surface area is 125 Å². The first-order valence-corrected chi connectivity index (χ1v) is 6.84. The number of hydrogen-bond donors (Lipinski definition) is 2. The second-order valence-corrected chi connectivity index (χ2v) is 5.22. The van der Waals surface area contributed by atoms with Gasteiger partial charge in [-0.25, -0.2) is 4.79 Å². The molecule has 1 aromatic rings. The van der Waals surface area contributed by atoms with Crippen LogP contribution < -0.4 is 5.32 Å². The maximum absolute atomic E-state index is 12.1. The number of rotatable bonds is 7. The maximum Gasteiger partial charge on any atom is 0.328 e. The molecule has 0 unspecified atom stereocenters. The molecule has 0 aliphatic heterocycles. The van der Waals surface area contributed by atoms with Crippen molar-refractivity contribution in [1.29, 1.82) is 0 Å². The van der Waals surface area contributed by atoms with Crippen LogP contribution in [0.25, 0.3) is 6.08 Å². The fraction of sp³-hybridized carbons (Fsp3) is 0.375. The molecule has 0 atom stereocenters. The van der Waals surface area contributed by atoms with Gasteiger partial charge >= 0.3 is 5.97 Å². The first kappa shape index (κ1) is 16.9. The summed E-state index contributed by atoms with van der Waals surface area (Å²) in [6, 6.07) is 5.31. The highest BCUT2D eigenvalue weighted by atomic mass is 16.4. The van der Waals surface area contributed by atoms with Crippen LogP contribution in [0.3, 0.4) is 0 Å². The SMILES string of the molecule is Cc1cc(/C=C/C(=O)O)cc(C(=O)NCCCN(C)C)c1. The summed E-state index contributed by atoms with van der Waals surface area (Å²) < 4.78 is 0. The molecule has 1 rings (SSSR count). The summed E-state index contributed by atoms with van der Waals surface area (Å²) in [6.07, 6.45) is 3.43. The molecule has 0 saturated heterocycles. The van der Waals surface area contributed by atoms with Crippen LogP contribution in [0.15, 0.2) is 24.3 Å². The summed E-state index contributed by atoms with van der Waals surface area (Å²) in [5.41, 5.74) is 2.17. The number of carboxylic acids is 1. The maximum atomic E-state index is 12.1. The van der Waals surface area contributed by atoms with Crippen LogP contribution in [-0.4, -0.2) is 49.1 Å². The highest BCUT2D eigenvalue weighted by molar-refractivity contribution is 5.95. The largest absolute Gasteiger partial charge is 0.478 e. The van der Waals surface area contributed by atoms with Gasteiger partial charge in [-0.3, -0.25) is 4.79 Å². The number of carboxylic acid groups (broad SMARTS) is 1. The molecule has 1 aromatic carbocycles. The molecule has 1 amide bonds. The lowest BCUT2D eigenvalue weighted by Gasteiger charge is -2.10. The van der Waals surface area contributed by atoms with Gasteiger partial charge in [-0.15, -0.1) is 0 Å². The predicted octanol–water partition coefficient (Wildman–Crippen LogP) is 1.77. The summed E-state index contributed by atoms with van der Waals surface area (Å²) >= 11 is 0. The van der Waals surface area contributed by atoms with E-state index in [0.29, 0.717) is 17.7 Å². The third-order valence-corrected chi connectivity index (χ3v) is 2.85. The van der Waals surface area contributed by atoms with Gasteiger partial charge in [-0.1, -0.05) is 6.07 Å². The Kier molecular flexibility index (Phi) is 6.62. The molecule has 0 heterocycles. The van der Waals surface area contributed by atoms with Crippen molar-refractivity contribution in [2.24, 2.45) is 0 Å². The number of benzene rings is 1. The van der Waals surface area contributed by atoms with Crippen LogP contribution in [0, 0.1) is 6.92 Å². The highest BCUT2D eigenvalue weighted by Crippen LogP contribution is 2.11. The van der Waals surface area contributed by atoms with E-state index in [1.54, 1.807) is 12.1 Å². The first-order valence-electron chi connectivity index (χ1n) is 6.84. The van der Waals surface area contributed by atoms with Gasteiger partial charge in [0.15, 0.2) is 0 Å². The molecule has 0 aromatic heterocycles. The van der Waals surface area contributed by atoms with Gasteiger partial charge in [0.05, 0.1) is 0 Å². The summed E-state index contributed by atoms with van der Waals surface area (Å²) in [7, 11) is 3.98. The zero-order valence-corrected chi connectivity index (χ0v) is 12.7. The van der Waals surface area contributed by atoms with Crippen LogP contribution in [0.1, 0.15) is 27.9 Å². The van der Waals surface area contributed by atoms with Crippen LogP contribution in [0.4, 0.5) is 0 Å². The van der Waals surface area contributed by atoms with E-state index in [1.165, 1.54) is 6.08 Å². The number of nitrogens with zero attached hydrogens (tertiary/aromatic N) is 1. The highest BCUT2D eigenvalue weighted by Gasteiger charge is 2.06. The topological polar surface area (TPSA) is 69.6 Å². The Bertz CT molecular complexity index is 536. The van der Waals surface area contributed by atoms with Crippen molar-refractivity contribution in [3.63, 3.8) is 0 Å². The summed E-state index contributed by atoms with van der Waals surface area (Å²) in [5, 5.41) is 11.5. The molecule has 0 aliphatic rings. The van der Waals surface area contributed by atoms with Crippen molar-refractivity contribution in [2.45, 2.75) is 13.3 Å². The van der Waals surface area contributed by atoms with Gasteiger partial charge in [-0.2, -0.15) is 0 Å². The van der Waals surface area contributed by atoms with E-state index in [0.717, 1.165) is 24.6 Å². The number of carbonyl (C=O) groups is 2. The number of nitrogens with one attached hydrogen (secondary N) is 1. The van der Waals surface area contributed by atoms with Gasteiger partial charge in [0.2, 0.25) is 0 Å². The summed E-state index contributed by atoms with van der Waals surface area (Å²) in [5.74, 6) is -1.14. The Morgan fingerprint density at radius 2 is 2.00 bits per heavy atom. The lowest BCUT2D eigenvalue weighted by atomic mass is 10.1. The van der Waals surface area contributed by atoms with Gasteiger partial charge in [-0.05, 0) is 63.3 Å². The van der Waals surface area contributed by atoms with Crippen LogP contribution in [0.2, 0.25) is 0 Å².